The second-order valence-corrected chi connectivity index (χ2v) is 5.04. The molecule has 3 N–H and O–H groups in total. The molecule has 1 amide bonds. The van der Waals surface area contributed by atoms with Crippen LogP contribution in [0.4, 0.5) is 0 Å². The van der Waals surface area contributed by atoms with Crippen LogP contribution in [0, 0.1) is 5.92 Å². The molecule has 0 heterocycles. The summed E-state index contributed by atoms with van der Waals surface area (Å²) in [6, 6.07) is 8.08. The Hall–Kier alpha value is -1.88. The number of esters is 1. The Morgan fingerprint density at radius 3 is 2.35 bits per heavy atom. The van der Waals surface area contributed by atoms with Gasteiger partial charge in [0, 0.05) is 6.42 Å². The van der Waals surface area contributed by atoms with Gasteiger partial charge in [-0.3, -0.25) is 4.79 Å². The van der Waals surface area contributed by atoms with E-state index in [2.05, 4.69) is 5.32 Å². The highest BCUT2D eigenvalue weighted by Gasteiger charge is 2.25. The summed E-state index contributed by atoms with van der Waals surface area (Å²) in [7, 11) is 1.30. The van der Waals surface area contributed by atoms with E-state index in [1.165, 1.54) is 7.11 Å². The van der Waals surface area contributed by atoms with Gasteiger partial charge in [0.1, 0.15) is 6.04 Å². The first-order chi connectivity index (χ1) is 9.45. The van der Waals surface area contributed by atoms with E-state index in [4.69, 9.17) is 10.5 Å². The summed E-state index contributed by atoms with van der Waals surface area (Å²) in [5.41, 5.74) is 6.72. The number of carbonyl (C=O) groups excluding carboxylic acids is 2. The minimum absolute atomic E-state index is 0.00465. The number of rotatable bonds is 6. The molecule has 5 heteroatoms. The molecule has 0 fully saturated rings. The lowest BCUT2D eigenvalue weighted by atomic mass is 10.0. The molecule has 0 saturated carbocycles. The van der Waals surface area contributed by atoms with Gasteiger partial charge in [0.2, 0.25) is 5.91 Å². The first-order valence-corrected chi connectivity index (χ1v) is 6.63. The third-order valence-corrected chi connectivity index (χ3v) is 3.11. The topological polar surface area (TPSA) is 81.4 Å². The summed E-state index contributed by atoms with van der Waals surface area (Å²) in [5.74, 6) is -0.811. The number of hydrogen-bond donors (Lipinski definition) is 2. The maximum absolute atomic E-state index is 12.0. The summed E-state index contributed by atoms with van der Waals surface area (Å²) >= 11 is 0. The van der Waals surface area contributed by atoms with Gasteiger partial charge < -0.3 is 15.8 Å². The van der Waals surface area contributed by atoms with E-state index in [-0.39, 0.29) is 11.8 Å². The van der Waals surface area contributed by atoms with E-state index in [0.29, 0.717) is 6.42 Å². The zero-order valence-electron chi connectivity index (χ0n) is 12.1. The molecule has 0 unspecified atom stereocenters. The summed E-state index contributed by atoms with van der Waals surface area (Å²) in [6.07, 6.45) is 0.379. The minimum atomic E-state index is -0.723. The fraction of sp³-hybridized carbons (Fsp3) is 0.467. The van der Waals surface area contributed by atoms with E-state index >= 15 is 0 Å². The highest BCUT2D eigenvalue weighted by Crippen LogP contribution is 2.06. The van der Waals surface area contributed by atoms with Crippen LogP contribution in [0.3, 0.4) is 0 Å². The number of carbonyl (C=O) groups is 2. The number of ether oxygens (including phenoxy) is 1. The lowest BCUT2D eigenvalue weighted by Gasteiger charge is -2.21. The number of hydrogen-bond acceptors (Lipinski definition) is 4. The van der Waals surface area contributed by atoms with Crippen molar-refractivity contribution < 1.29 is 14.3 Å². The average molecular weight is 278 g/mol. The molecule has 1 aromatic rings. The zero-order valence-corrected chi connectivity index (χ0v) is 12.1. The van der Waals surface area contributed by atoms with Crippen LogP contribution in [0.25, 0.3) is 0 Å². The summed E-state index contributed by atoms with van der Waals surface area (Å²) < 4.78 is 4.73. The number of methoxy groups -OCH3 is 1. The van der Waals surface area contributed by atoms with Crippen molar-refractivity contribution in [2.45, 2.75) is 32.4 Å². The first-order valence-electron chi connectivity index (χ1n) is 6.63. The first kappa shape index (κ1) is 16.2. The van der Waals surface area contributed by atoms with Crippen molar-refractivity contribution in [2.24, 2.45) is 11.7 Å². The summed E-state index contributed by atoms with van der Waals surface area (Å²) in [6.45, 7) is 3.71. The van der Waals surface area contributed by atoms with Crippen molar-refractivity contribution >= 4 is 11.9 Å². The molecule has 1 rings (SSSR count). The molecule has 0 aliphatic rings. The second kappa shape index (κ2) is 7.65. The molecule has 110 valence electrons. The van der Waals surface area contributed by atoms with Gasteiger partial charge in [-0.25, -0.2) is 4.79 Å². The van der Waals surface area contributed by atoms with Crippen molar-refractivity contribution in [1.82, 2.24) is 5.32 Å². The van der Waals surface area contributed by atoms with Gasteiger partial charge in [-0.1, -0.05) is 44.2 Å². The van der Waals surface area contributed by atoms with Gasteiger partial charge in [0.25, 0.3) is 0 Å². The second-order valence-electron chi connectivity index (χ2n) is 5.04. The summed E-state index contributed by atoms with van der Waals surface area (Å²) in [5, 5.41) is 2.66. The predicted molar refractivity (Wildman–Crippen MR) is 76.9 cm³/mol. The van der Waals surface area contributed by atoms with Gasteiger partial charge in [0.15, 0.2) is 0 Å². The predicted octanol–water partition coefficient (Wildman–Crippen LogP) is 0.870. The smallest absolute Gasteiger partial charge is 0.328 e. The molecule has 5 nitrogen and oxygen atoms in total. The van der Waals surface area contributed by atoms with E-state index in [1.54, 1.807) is 0 Å². The van der Waals surface area contributed by atoms with Crippen LogP contribution in [0.5, 0.6) is 0 Å². The Kier molecular flexibility index (Phi) is 6.18. The number of amides is 1. The molecule has 0 bridgehead atoms. The third kappa shape index (κ3) is 4.66. The molecule has 0 aliphatic heterocycles. The third-order valence-electron chi connectivity index (χ3n) is 3.11. The van der Waals surface area contributed by atoms with Crippen molar-refractivity contribution in [3.63, 3.8) is 0 Å². The van der Waals surface area contributed by atoms with Crippen molar-refractivity contribution in [1.29, 1.82) is 0 Å². The molecule has 0 aliphatic carbocycles. The molecule has 1 aromatic carbocycles. The molecule has 20 heavy (non-hydrogen) atoms. The summed E-state index contributed by atoms with van der Waals surface area (Å²) in [4.78, 5) is 23.7. The molecule has 0 spiro atoms. The van der Waals surface area contributed by atoms with E-state index in [9.17, 15) is 9.59 Å². The largest absolute Gasteiger partial charge is 0.467 e. The highest BCUT2D eigenvalue weighted by atomic mass is 16.5. The Balaban J connectivity index is 2.75. The van der Waals surface area contributed by atoms with Crippen LogP contribution in [0.2, 0.25) is 0 Å². The normalized spacial score (nSPS) is 13.7. The van der Waals surface area contributed by atoms with Gasteiger partial charge in [-0.15, -0.1) is 0 Å². The number of benzene rings is 1. The average Bonchev–Trinajstić information content (AvgIpc) is 2.45. The Bertz CT molecular complexity index is 446. The van der Waals surface area contributed by atoms with Crippen molar-refractivity contribution in [3.8, 4) is 0 Å². The lowest BCUT2D eigenvalue weighted by molar-refractivity contribution is -0.145. The standard InChI is InChI=1S/C15H22N2O3/c1-10(2)13(16)14(18)17-12(15(19)20-3)9-11-7-5-4-6-8-11/h4-8,10,12-13H,9,16H2,1-3H3,(H,17,18)/t12-,13-/m1/s1. The lowest BCUT2D eigenvalue weighted by Crippen LogP contribution is -2.51. The molecule has 0 aromatic heterocycles. The molecular formula is C15H22N2O3. The highest BCUT2D eigenvalue weighted by molar-refractivity contribution is 5.87. The molecular weight excluding hydrogens is 256 g/mol. The van der Waals surface area contributed by atoms with Crippen LogP contribution < -0.4 is 11.1 Å². The monoisotopic (exact) mass is 278 g/mol. The Morgan fingerprint density at radius 1 is 1.25 bits per heavy atom. The van der Waals surface area contributed by atoms with E-state index in [1.807, 2.05) is 44.2 Å². The Morgan fingerprint density at radius 2 is 1.85 bits per heavy atom. The maximum atomic E-state index is 12.0. The van der Waals surface area contributed by atoms with Crippen molar-refractivity contribution in [2.75, 3.05) is 7.11 Å². The van der Waals surface area contributed by atoms with Crippen LogP contribution >= 0.6 is 0 Å². The molecule has 2 atom stereocenters. The van der Waals surface area contributed by atoms with Crippen molar-refractivity contribution in [3.05, 3.63) is 35.9 Å². The number of nitrogens with two attached hydrogens (primary N) is 1. The van der Waals surface area contributed by atoms with Crippen LogP contribution in [0.15, 0.2) is 30.3 Å². The fourth-order valence-electron chi connectivity index (χ4n) is 1.76. The van der Waals surface area contributed by atoms with Gasteiger partial charge >= 0.3 is 5.97 Å². The zero-order chi connectivity index (χ0) is 15.1. The van der Waals surface area contributed by atoms with E-state index < -0.39 is 18.1 Å². The minimum Gasteiger partial charge on any atom is -0.467 e. The van der Waals surface area contributed by atoms with Gasteiger partial charge in [-0.05, 0) is 11.5 Å². The molecule has 0 radical (unpaired) electrons. The van der Waals surface area contributed by atoms with Gasteiger partial charge in [0.05, 0.1) is 13.2 Å². The van der Waals surface area contributed by atoms with E-state index in [0.717, 1.165) is 5.56 Å². The molecule has 0 saturated heterocycles. The van der Waals surface area contributed by atoms with Gasteiger partial charge in [-0.2, -0.15) is 0 Å². The SMILES string of the molecule is COC(=O)[C@@H](Cc1ccccc1)NC(=O)[C@H](N)C(C)C. The number of nitrogens with one attached hydrogen (secondary N) is 1. The van der Waals surface area contributed by atoms with Crippen LogP contribution in [-0.4, -0.2) is 31.1 Å². The fourth-order valence-corrected chi connectivity index (χ4v) is 1.76. The van der Waals surface area contributed by atoms with Crippen LogP contribution in [-0.2, 0) is 20.7 Å². The Labute approximate surface area is 119 Å². The maximum Gasteiger partial charge on any atom is 0.328 e. The van der Waals surface area contributed by atoms with Crippen LogP contribution in [0.1, 0.15) is 19.4 Å². The quantitative estimate of drug-likeness (QED) is 0.757.